The van der Waals surface area contributed by atoms with Crippen LogP contribution in [0.5, 0.6) is 0 Å². The lowest BCUT2D eigenvalue weighted by Crippen LogP contribution is -2.49. The Balaban J connectivity index is 0.00000176. The van der Waals surface area contributed by atoms with Gasteiger partial charge in [-0.15, -0.1) is 17.5 Å². The SMILES string of the molecule is CC1CCCN(CCn2nc3ccccn3c2=O)C1CN.Cl. The van der Waals surface area contributed by atoms with Gasteiger partial charge in [-0.3, -0.25) is 9.30 Å². The lowest BCUT2D eigenvalue weighted by Gasteiger charge is -2.39. The zero-order valence-corrected chi connectivity index (χ0v) is 13.7. The molecule has 2 unspecified atom stereocenters. The maximum absolute atomic E-state index is 12.2. The standard InChI is InChI=1S/C15H23N5O.ClH/c1-12-5-4-7-18(13(12)11-16)9-10-20-15(21)19-8-3-2-6-14(19)17-20;/h2-3,6,8,12-13H,4-5,7,9-11,16H2,1H3;1H. The number of likely N-dealkylation sites (tertiary alicyclic amines) is 1. The Hall–Kier alpha value is -1.37. The summed E-state index contributed by atoms with van der Waals surface area (Å²) in [7, 11) is 0. The Morgan fingerprint density at radius 2 is 2.18 bits per heavy atom. The Morgan fingerprint density at radius 3 is 2.91 bits per heavy atom. The number of hydrogen-bond acceptors (Lipinski definition) is 4. The van der Waals surface area contributed by atoms with Crippen LogP contribution in [-0.2, 0) is 6.54 Å². The van der Waals surface area contributed by atoms with E-state index >= 15 is 0 Å². The Bertz CT molecular complexity index is 667. The van der Waals surface area contributed by atoms with Crippen LogP contribution in [0.15, 0.2) is 29.2 Å². The lowest BCUT2D eigenvalue weighted by molar-refractivity contribution is 0.101. The molecular formula is C15H24ClN5O. The molecular weight excluding hydrogens is 302 g/mol. The molecule has 3 rings (SSSR count). The van der Waals surface area contributed by atoms with E-state index in [9.17, 15) is 4.79 Å². The summed E-state index contributed by atoms with van der Waals surface area (Å²) >= 11 is 0. The first-order chi connectivity index (χ1) is 10.2. The zero-order chi connectivity index (χ0) is 14.8. The quantitative estimate of drug-likeness (QED) is 0.909. The van der Waals surface area contributed by atoms with Crippen LogP contribution < -0.4 is 11.4 Å². The summed E-state index contributed by atoms with van der Waals surface area (Å²) in [5.41, 5.74) is 6.54. The van der Waals surface area contributed by atoms with Crippen molar-refractivity contribution < 1.29 is 0 Å². The number of hydrogen-bond donors (Lipinski definition) is 1. The van der Waals surface area contributed by atoms with Crippen molar-refractivity contribution in [2.45, 2.75) is 32.4 Å². The average molecular weight is 326 g/mol. The van der Waals surface area contributed by atoms with Crippen LogP contribution in [0.3, 0.4) is 0 Å². The highest BCUT2D eigenvalue weighted by atomic mass is 35.5. The Kier molecular flexibility index (Phi) is 5.61. The van der Waals surface area contributed by atoms with Gasteiger partial charge in [0.25, 0.3) is 0 Å². The maximum atomic E-state index is 12.2. The number of nitrogens with two attached hydrogens (primary N) is 1. The summed E-state index contributed by atoms with van der Waals surface area (Å²) in [6, 6.07) is 6.01. The smallest absolute Gasteiger partial charge is 0.329 e. The molecule has 1 fully saturated rings. The van der Waals surface area contributed by atoms with Crippen molar-refractivity contribution in [3.8, 4) is 0 Å². The largest absolute Gasteiger partial charge is 0.350 e. The molecule has 1 aliphatic heterocycles. The van der Waals surface area contributed by atoms with Gasteiger partial charge in [0.05, 0.1) is 6.54 Å². The first kappa shape index (κ1) is 17.0. The first-order valence-electron chi connectivity index (χ1n) is 7.69. The van der Waals surface area contributed by atoms with Crippen LogP contribution in [0, 0.1) is 5.92 Å². The minimum absolute atomic E-state index is 0. The molecule has 0 spiro atoms. The number of piperidine rings is 1. The molecule has 1 saturated heterocycles. The fourth-order valence-corrected chi connectivity index (χ4v) is 3.33. The van der Waals surface area contributed by atoms with E-state index in [0.29, 0.717) is 30.7 Å². The maximum Gasteiger partial charge on any atom is 0.350 e. The molecule has 0 aromatic carbocycles. The second-order valence-electron chi connectivity index (χ2n) is 5.89. The predicted octanol–water partition coefficient (Wildman–Crippen LogP) is 0.977. The third kappa shape index (κ3) is 3.19. The molecule has 0 aliphatic carbocycles. The third-order valence-corrected chi connectivity index (χ3v) is 4.56. The van der Waals surface area contributed by atoms with Gasteiger partial charge in [0, 0.05) is 25.3 Å². The van der Waals surface area contributed by atoms with E-state index in [2.05, 4.69) is 16.9 Å². The second kappa shape index (κ2) is 7.26. The van der Waals surface area contributed by atoms with Crippen LogP contribution in [-0.4, -0.2) is 44.8 Å². The molecule has 2 aromatic rings. The van der Waals surface area contributed by atoms with Crippen molar-refractivity contribution in [3.63, 3.8) is 0 Å². The molecule has 1 aliphatic rings. The molecule has 7 heteroatoms. The molecule has 0 saturated carbocycles. The number of aromatic nitrogens is 3. The summed E-state index contributed by atoms with van der Waals surface area (Å²) < 4.78 is 3.14. The number of pyridine rings is 1. The van der Waals surface area contributed by atoms with Gasteiger partial charge in [0.2, 0.25) is 0 Å². The second-order valence-corrected chi connectivity index (χ2v) is 5.89. The van der Waals surface area contributed by atoms with E-state index in [4.69, 9.17) is 5.73 Å². The highest BCUT2D eigenvalue weighted by molar-refractivity contribution is 5.85. The summed E-state index contributed by atoms with van der Waals surface area (Å²) in [6.45, 7) is 5.45. The Labute approximate surface area is 136 Å². The molecule has 6 nitrogen and oxygen atoms in total. The average Bonchev–Trinajstić information content (AvgIpc) is 2.82. The van der Waals surface area contributed by atoms with Gasteiger partial charge in [-0.1, -0.05) is 13.0 Å². The van der Waals surface area contributed by atoms with Gasteiger partial charge in [-0.25, -0.2) is 9.48 Å². The third-order valence-electron chi connectivity index (χ3n) is 4.56. The summed E-state index contributed by atoms with van der Waals surface area (Å²) in [5.74, 6) is 0.626. The van der Waals surface area contributed by atoms with E-state index in [1.54, 1.807) is 15.3 Å². The first-order valence-corrected chi connectivity index (χ1v) is 7.69. The summed E-state index contributed by atoms with van der Waals surface area (Å²) in [6.07, 6.45) is 4.21. The number of rotatable bonds is 4. The monoisotopic (exact) mass is 325 g/mol. The number of fused-ring (bicyclic) bond motifs is 1. The number of halogens is 1. The van der Waals surface area contributed by atoms with Crippen LogP contribution in [0.25, 0.3) is 5.65 Å². The highest BCUT2D eigenvalue weighted by Crippen LogP contribution is 2.22. The lowest BCUT2D eigenvalue weighted by atomic mass is 9.91. The van der Waals surface area contributed by atoms with Gasteiger partial charge in [0.1, 0.15) is 0 Å². The van der Waals surface area contributed by atoms with E-state index in [-0.39, 0.29) is 18.1 Å². The Morgan fingerprint density at radius 1 is 1.36 bits per heavy atom. The number of nitrogens with zero attached hydrogens (tertiary/aromatic N) is 4. The van der Waals surface area contributed by atoms with Crippen LogP contribution >= 0.6 is 12.4 Å². The van der Waals surface area contributed by atoms with Crippen molar-refractivity contribution >= 4 is 18.1 Å². The van der Waals surface area contributed by atoms with E-state index in [0.717, 1.165) is 13.1 Å². The molecule has 3 heterocycles. The molecule has 122 valence electrons. The van der Waals surface area contributed by atoms with Crippen molar-refractivity contribution in [1.82, 2.24) is 19.1 Å². The zero-order valence-electron chi connectivity index (χ0n) is 12.9. The normalized spacial score (nSPS) is 22.6. The van der Waals surface area contributed by atoms with Crippen molar-refractivity contribution in [2.24, 2.45) is 11.7 Å². The van der Waals surface area contributed by atoms with Crippen molar-refractivity contribution in [3.05, 3.63) is 34.9 Å². The molecule has 2 atom stereocenters. The molecule has 2 aromatic heterocycles. The molecule has 0 radical (unpaired) electrons. The van der Waals surface area contributed by atoms with Crippen molar-refractivity contribution in [1.29, 1.82) is 0 Å². The van der Waals surface area contributed by atoms with Gasteiger partial charge in [-0.05, 0) is 37.4 Å². The molecule has 2 N–H and O–H groups in total. The minimum atomic E-state index is -0.0695. The summed E-state index contributed by atoms with van der Waals surface area (Å²) in [5, 5.41) is 4.38. The molecule has 0 bridgehead atoms. The highest BCUT2D eigenvalue weighted by Gasteiger charge is 2.27. The van der Waals surface area contributed by atoms with Gasteiger partial charge >= 0.3 is 5.69 Å². The summed E-state index contributed by atoms with van der Waals surface area (Å²) in [4.78, 5) is 14.6. The van der Waals surface area contributed by atoms with E-state index < -0.39 is 0 Å². The van der Waals surface area contributed by atoms with Gasteiger partial charge in [0.15, 0.2) is 5.65 Å². The predicted molar refractivity (Wildman–Crippen MR) is 89.5 cm³/mol. The van der Waals surface area contributed by atoms with Crippen LogP contribution in [0.4, 0.5) is 0 Å². The molecule has 0 amide bonds. The fourth-order valence-electron chi connectivity index (χ4n) is 3.33. The van der Waals surface area contributed by atoms with E-state index in [1.807, 2.05) is 18.2 Å². The minimum Gasteiger partial charge on any atom is -0.329 e. The van der Waals surface area contributed by atoms with Crippen LogP contribution in [0.1, 0.15) is 19.8 Å². The topological polar surface area (TPSA) is 68.6 Å². The van der Waals surface area contributed by atoms with Crippen LogP contribution in [0.2, 0.25) is 0 Å². The molecule has 22 heavy (non-hydrogen) atoms. The van der Waals surface area contributed by atoms with E-state index in [1.165, 1.54) is 12.8 Å². The van der Waals surface area contributed by atoms with Crippen molar-refractivity contribution in [2.75, 3.05) is 19.6 Å². The van der Waals surface area contributed by atoms with Gasteiger partial charge in [-0.2, -0.15) is 0 Å². The fraction of sp³-hybridized carbons (Fsp3) is 0.600. The van der Waals surface area contributed by atoms with Gasteiger partial charge < -0.3 is 5.73 Å².